The lowest BCUT2D eigenvalue weighted by Crippen LogP contribution is -1.98. The summed E-state index contributed by atoms with van der Waals surface area (Å²) in [6.07, 6.45) is 1.60. The van der Waals surface area contributed by atoms with Crippen LogP contribution >= 0.6 is 0 Å². The summed E-state index contributed by atoms with van der Waals surface area (Å²) in [5.41, 5.74) is 1.12. The van der Waals surface area contributed by atoms with Gasteiger partial charge in [-0.1, -0.05) is 0 Å². The summed E-state index contributed by atoms with van der Waals surface area (Å²) in [5.74, 6) is -0.824. The summed E-state index contributed by atoms with van der Waals surface area (Å²) in [5, 5.41) is 18.3. The van der Waals surface area contributed by atoms with Crippen molar-refractivity contribution in [2.45, 2.75) is 6.92 Å². The molecule has 0 amide bonds. The Morgan fingerprint density at radius 2 is 2.06 bits per heavy atom. The zero-order chi connectivity index (χ0) is 12.4. The van der Waals surface area contributed by atoms with E-state index in [1.165, 1.54) is 12.1 Å². The Morgan fingerprint density at radius 1 is 1.29 bits per heavy atom. The summed E-state index contributed by atoms with van der Waals surface area (Å²) in [6.45, 7) is 1.75. The van der Waals surface area contributed by atoms with Gasteiger partial charge in [-0.2, -0.15) is 0 Å². The molecule has 0 saturated carbocycles. The zero-order valence-electron chi connectivity index (χ0n) is 9.08. The Labute approximate surface area is 97.4 Å². The summed E-state index contributed by atoms with van der Waals surface area (Å²) in [4.78, 5) is 19.0. The maximum atomic E-state index is 10.9. The largest absolute Gasteiger partial charge is 0.507 e. The second-order valence-electron chi connectivity index (χ2n) is 3.53. The molecule has 0 aliphatic heterocycles. The van der Waals surface area contributed by atoms with E-state index in [2.05, 4.69) is 9.97 Å². The van der Waals surface area contributed by atoms with E-state index in [4.69, 9.17) is 5.11 Å². The van der Waals surface area contributed by atoms with Gasteiger partial charge in [0.2, 0.25) is 0 Å². The van der Waals surface area contributed by atoms with E-state index in [1.807, 2.05) is 0 Å². The number of carboxylic acids is 1. The van der Waals surface area contributed by atoms with Crippen molar-refractivity contribution in [3.05, 3.63) is 41.9 Å². The molecule has 2 rings (SSSR count). The van der Waals surface area contributed by atoms with Gasteiger partial charge in [-0.3, -0.25) is 0 Å². The number of carboxylic acid groups (broad SMARTS) is 1. The molecule has 0 radical (unpaired) electrons. The van der Waals surface area contributed by atoms with Crippen LogP contribution in [0.15, 0.2) is 30.5 Å². The van der Waals surface area contributed by atoms with Crippen LogP contribution in [-0.4, -0.2) is 26.2 Å². The number of nitrogens with zero attached hydrogens (tertiary/aromatic N) is 2. The van der Waals surface area contributed by atoms with Gasteiger partial charge in [0.1, 0.15) is 17.1 Å². The monoisotopic (exact) mass is 230 g/mol. The molecule has 0 aliphatic rings. The predicted molar refractivity (Wildman–Crippen MR) is 60.8 cm³/mol. The van der Waals surface area contributed by atoms with Gasteiger partial charge in [-0.25, -0.2) is 14.8 Å². The smallest absolute Gasteiger partial charge is 0.339 e. The van der Waals surface area contributed by atoms with Crippen molar-refractivity contribution in [3.8, 4) is 17.0 Å². The van der Waals surface area contributed by atoms with Crippen LogP contribution in [0.2, 0.25) is 0 Å². The van der Waals surface area contributed by atoms with Crippen molar-refractivity contribution < 1.29 is 15.0 Å². The average molecular weight is 230 g/mol. The highest BCUT2D eigenvalue weighted by Crippen LogP contribution is 2.24. The molecule has 0 spiro atoms. The van der Waals surface area contributed by atoms with Crippen molar-refractivity contribution in [2.75, 3.05) is 0 Å². The molecule has 86 valence electrons. The number of hydrogen-bond acceptors (Lipinski definition) is 4. The van der Waals surface area contributed by atoms with E-state index < -0.39 is 5.97 Å². The average Bonchev–Trinajstić information content (AvgIpc) is 2.29. The number of benzene rings is 1. The SMILES string of the molecule is Cc1nccc(-c2ccc(O)c(C(=O)O)c2)n1. The van der Waals surface area contributed by atoms with Crippen molar-refractivity contribution in [2.24, 2.45) is 0 Å². The molecule has 17 heavy (non-hydrogen) atoms. The van der Waals surface area contributed by atoms with Gasteiger partial charge < -0.3 is 10.2 Å². The van der Waals surface area contributed by atoms with Gasteiger partial charge in [0.05, 0.1) is 5.69 Å². The first kappa shape index (κ1) is 11.1. The highest BCUT2D eigenvalue weighted by molar-refractivity contribution is 5.92. The lowest BCUT2D eigenvalue weighted by Gasteiger charge is -2.04. The highest BCUT2D eigenvalue weighted by atomic mass is 16.4. The predicted octanol–water partition coefficient (Wildman–Crippen LogP) is 1.86. The van der Waals surface area contributed by atoms with Crippen molar-refractivity contribution in [3.63, 3.8) is 0 Å². The third-order valence-electron chi connectivity index (χ3n) is 2.30. The number of aryl methyl sites for hydroxylation is 1. The van der Waals surface area contributed by atoms with Gasteiger partial charge in [0, 0.05) is 11.8 Å². The van der Waals surface area contributed by atoms with Crippen LogP contribution in [0.3, 0.4) is 0 Å². The molecule has 0 unspecified atom stereocenters. The molecular weight excluding hydrogens is 220 g/mol. The van der Waals surface area contributed by atoms with Crippen LogP contribution in [0.1, 0.15) is 16.2 Å². The fourth-order valence-electron chi connectivity index (χ4n) is 1.48. The van der Waals surface area contributed by atoms with Gasteiger partial charge in [0.15, 0.2) is 0 Å². The van der Waals surface area contributed by atoms with E-state index in [-0.39, 0.29) is 11.3 Å². The molecule has 1 aromatic heterocycles. The van der Waals surface area contributed by atoms with Gasteiger partial charge in [0.25, 0.3) is 0 Å². The number of aromatic nitrogens is 2. The first-order chi connectivity index (χ1) is 8.08. The molecule has 2 N–H and O–H groups in total. The molecule has 1 heterocycles. The Balaban J connectivity index is 2.54. The van der Waals surface area contributed by atoms with Crippen LogP contribution in [0.5, 0.6) is 5.75 Å². The van der Waals surface area contributed by atoms with Gasteiger partial charge >= 0.3 is 5.97 Å². The fourth-order valence-corrected chi connectivity index (χ4v) is 1.48. The number of aromatic carboxylic acids is 1. The quantitative estimate of drug-likeness (QED) is 0.822. The Morgan fingerprint density at radius 3 is 2.71 bits per heavy atom. The molecule has 5 nitrogen and oxygen atoms in total. The van der Waals surface area contributed by atoms with E-state index in [1.54, 1.807) is 25.3 Å². The standard InChI is InChI=1S/C12H10N2O3/c1-7-13-5-4-10(14-7)8-2-3-11(15)9(6-8)12(16)17/h2-6,15H,1H3,(H,16,17). The van der Waals surface area contributed by atoms with E-state index in [9.17, 15) is 9.90 Å². The number of hydrogen-bond donors (Lipinski definition) is 2. The highest BCUT2D eigenvalue weighted by Gasteiger charge is 2.11. The Hall–Kier alpha value is -2.43. The number of aromatic hydroxyl groups is 1. The molecular formula is C12H10N2O3. The van der Waals surface area contributed by atoms with Gasteiger partial charge in [-0.15, -0.1) is 0 Å². The molecule has 0 fully saturated rings. The minimum atomic E-state index is -1.17. The van der Waals surface area contributed by atoms with Crippen molar-refractivity contribution in [1.82, 2.24) is 9.97 Å². The van der Waals surface area contributed by atoms with Crippen LogP contribution in [-0.2, 0) is 0 Å². The first-order valence-corrected chi connectivity index (χ1v) is 4.94. The summed E-state index contributed by atoms with van der Waals surface area (Å²) >= 11 is 0. The third-order valence-corrected chi connectivity index (χ3v) is 2.30. The number of rotatable bonds is 2. The van der Waals surface area contributed by atoms with E-state index in [0.717, 1.165) is 0 Å². The summed E-state index contributed by atoms with van der Waals surface area (Å²) in [7, 11) is 0. The maximum absolute atomic E-state index is 10.9. The number of phenols is 1. The van der Waals surface area contributed by atoms with E-state index in [0.29, 0.717) is 17.1 Å². The maximum Gasteiger partial charge on any atom is 0.339 e. The van der Waals surface area contributed by atoms with Crippen LogP contribution in [0.25, 0.3) is 11.3 Å². The molecule has 0 aliphatic carbocycles. The summed E-state index contributed by atoms with van der Waals surface area (Å²) < 4.78 is 0. The molecule has 0 atom stereocenters. The lowest BCUT2D eigenvalue weighted by molar-refractivity contribution is 0.0694. The molecule has 0 bridgehead atoms. The minimum absolute atomic E-state index is 0.140. The molecule has 1 aromatic carbocycles. The lowest BCUT2D eigenvalue weighted by atomic mass is 10.1. The third kappa shape index (κ3) is 2.23. The zero-order valence-corrected chi connectivity index (χ0v) is 9.08. The Kier molecular flexibility index (Phi) is 2.74. The second kappa shape index (κ2) is 4.21. The van der Waals surface area contributed by atoms with Crippen LogP contribution < -0.4 is 0 Å². The van der Waals surface area contributed by atoms with E-state index >= 15 is 0 Å². The fraction of sp³-hybridized carbons (Fsp3) is 0.0833. The van der Waals surface area contributed by atoms with Crippen molar-refractivity contribution in [1.29, 1.82) is 0 Å². The normalized spacial score (nSPS) is 10.2. The Bertz CT molecular complexity index is 582. The summed E-state index contributed by atoms with van der Waals surface area (Å²) in [6, 6.07) is 6.03. The molecule has 2 aromatic rings. The molecule has 5 heteroatoms. The first-order valence-electron chi connectivity index (χ1n) is 4.94. The number of carbonyl (C=O) groups is 1. The molecule has 0 saturated heterocycles. The second-order valence-corrected chi connectivity index (χ2v) is 3.53. The topological polar surface area (TPSA) is 83.3 Å². The van der Waals surface area contributed by atoms with Crippen LogP contribution in [0.4, 0.5) is 0 Å². The minimum Gasteiger partial charge on any atom is -0.507 e. The van der Waals surface area contributed by atoms with Crippen LogP contribution in [0, 0.1) is 6.92 Å². The van der Waals surface area contributed by atoms with Crippen molar-refractivity contribution >= 4 is 5.97 Å². The van der Waals surface area contributed by atoms with Gasteiger partial charge in [-0.05, 0) is 31.2 Å².